The van der Waals surface area contributed by atoms with E-state index in [4.69, 9.17) is 27.9 Å². The minimum absolute atomic E-state index is 0.0976. The normalized spacial score (nSPS) is 16.9. The number of piperazine rings is 1. The van der Waals surface area contributed by atoms with Gasteiger partial charge in [-0.05, 0) is 26.0 Å². The number of hydrogen-bond acceptors (Lipinski definition) is 3. The predicted molar refractivity (Wildman–Crippen MR) is 80.4 cm³/mol. The van der Waals surface area contributed by atoms with E-state index in [0.717, 1.165) is 44.0 Å². The van der Waals surface area contributed by atoms with Gasteiger partial charge in [0.2, 0.25) is 0 Å². The Labute approximate surface area is 124 Å². The first-order valence-electron chi connectivity index (χ1n) is 6.64. The Morgan fingerprint density at radius 2 is 1.95 bits per heavy atom. The number of halogens is 2. The summed E-state index contributed by atoms with van der Waals surface area (Å²) in [5.41, 5.74) is 1.06. The second kappa shape index (κ2) is 6.80. The average molecular weight is 303 g/mol. The zero-order valence-corrected chi connectivity index (χ0v) is 12.9. The fraction of sp³-hybridized carbons (Fsp3) is 0.571. The minimum Gasteiger partial charge on any atom is -0.489 e. The molecule has 2 rings (SSSR count). The summed E-state index contributed by atoms with van der Waals surface area (Å²) in [7, 11) is 0. The lowest BCUT2D eigenvalue weighted by molar-refractivity contribution is 0.214. The Morgan fingerprint density at radius 3 is 2.58 bits per heavy atom. The van der Waals surface area contributed by atoms with Gasteiger partial charge >= 0.3 is 0 Å². The molecule has 1 fully saturated rings. The van der Waals surface area contributed by atoms with Crippen LogP contribution in [-0.2, 0) is 6.54 Å². The quantitative estimate of drug-likeness (QED) is 0.924. The lowest BCUT2D eigenvalue weighted by Crippen LogP contribution is -2.42. The van der Waals surface area contributed by atoms with Gasteiger partial charge in [-0.1, -0.05) is 23.2 Å². The smallest absolute Gasteiger partial charge is 0.142 e. The number of rotatable bonds is 4. The first-order valence-corrected chi connectivity index (χ1v) is 7.39. The van der Waals surface area contributed by atoms with Crippen LogP contribution in [0.5, 0.6) is 5.75 Å². The molecule has 0 aliphatic carbocycles. The summed E-state index contributed by atoms with van der Waals surface area (Å²) in [5.74, 6) is 0.764. The molecule has 5 heteroatoms. The molecule has 0 spiro atoms. The Kier molecular flexibility index (Phi) is 5.34. The number of nitrogens with one attached hydrogen (secondary N) is 1. The molecule has 1 aliphatic heterocycles. The molecular formula is C14H20Cl2N2O. The molecule has 0 amide bonds. The molecular weight excluding hydrogens is 283 g/mol. The first-order chi connectivity index (χ1) is 9.06. The molecule has 0 radical (unpaired) electrons. The summed E-state index contributed by atoms with van der Waals surface area (Å²) in [6, 6.07) is 3.69. The van der Waals surface area contributed by atoms with Gasteiger partial charge in [-0.2, -0.15) is 0 Å². The highest BCUT2D eigenvalue weighted by Gasteiger charge is 2.16. The number of ether oxygens (including phenoxy) is 1. The van der Waals surface area contributed by atoms with Crippen molar-refractivity contribution < 1.29 is 4.74 Å². The van der Waals surface area contributed by atoms with Crippen molar-refractivity contribution in [2.45, 2.75) is 26.5 Å². The van der Waals surface area contributed by atoms with Gasteiger partial charge in [0.05, 0.1) is 11.1 Å². The van der Waals surface area contributed by atoms with Gasteiger partial charge in [0, 0.05) is 43.3 Å². The van der Waals surface area contributed by atoms with E-state index in [1.54, 1.807) is 6.07 Å². The van der Waals surface area contributed by atoms with Crippen LogP contribution in [0, 0.1) is 0 Å². The van der Waals surface area contributed by atoms with E-state index in [0.29, 0.717) is 10.0 Å². The number of nitrogens with zero attached hydrogens (tertiary/aromatic N) is 1. The maximum absolute atomic E-state index is 6.26. The van der Waals surface area contributed by atoms with Gasteiger partial charge in [0.15, 0.2) is 0 Å². The standard InChI is InChI=1S/C14H20Cl2N2O/c1-10(2)19-14-11(7-12(15)8-13(14)16)9-18-5-3-17-4-6-18/h7-8,10,17H,3-6,9H2,1-2H3. The summed E-state index contributed by atoms with van der Waals surface area (Å²) in [6.45, 7) is 8.93. The van der Waals surface area contributed by atoms with E-state index >= 15 is 0 Å². The van der Waals surface area contributed by atoms with Crippen molar-refractivity contribution in [2.24, 2.45) is 0 Å². The predicted octanol–water partition coefficient (Wildman–Crippen LogP) is 3.19. The highest BCUT2D eigenvalue weighted by Crippen LogP contribution is 2.34. The van der Waals surface area contributed by atoms with E-state index in [2.05, 4.69) is 10.2 Å². The maximum atomic E-state index is 6.26. The van der Waals surface area contributed by atoms with Gasteiger partial charge in [-0.15, -0.1) is 0 Å². The van der Waals surface area contributed by atoms with E-state index in [9.17, 15) is 0 Å². The molecule has 0 unspecified atom stereocenters. The summed E-state index contributed by atoms with van der Waals surface area (Å²) in [4.78, 5) is 2.38. The Balaban J connectivity index is 2.20. The third-order valence-electron chi connectivity index (χ3n) is 3.04. The topological polar surface area (TPSA) is 24.5 Å². The van der Waals surface area contributed by atoms with Crippen molar-refractivity contribution >= 4 is 23.2 Å². The molecule has 0 bridgehead atoms. The molecule has 3 nitrogen and oxygen atoms in total. The molecule has 0 aromatic heterocycles. The third kappa shape index (κ3) is 4.25. The summed E-state index contributed by atoms with van der Waals surface area (Å²) < 4.78 is 5.84. The van der Waals surface area contributed by atoms with Crippen LogP contribution in [0.25, 0.3) is 0 Å². The van der Waals surface area contributed by atoms with Crippen LogP contribution in [0.3, 0.4) is 0 Å². The van der Waals surface area contributed by atoms with Crippen LogP contribution in [0.15, 0.2) is 12.1 Å². The highest BCUT2D eigenvalue weighted by atomic mass is 35.5. The summed E-state index contributed by atoms with van der Waals surface area (Å²) >= 11 is 12.4. The maximum Gasteiger partial charge on any atom is 0.142 e. The van der Waals surface area contributed by atoms with Gasteiger partial charge in [0.1, 0.15) is 5.75 Å². The van der Waals surface area contributed by atoms with Gasteiger partial charge in [0.25, 0.3) is 0 Å². The molecule has 19 heavy (non-hydrogen) atoms. The first kappa shape index (κ1) is 14.9. The number of hydrogen-bond donors (Lipinski definition) is 1. The summed E-state index contributed by atoms with van der Waals surface area (Å²) in [5, 5.41) is 4.59. The fourth-order valence-electron chi connectivity index (χ4n) is 2.21. The summed E-state index contributed by atoms with van der Waals surface area (Å²) in [6.07, 6.45) is 0.0976. The van der Waals surface area contributed by atoms with Gasteiger partial charge in [-0.25, -0.2) is 0 Å². The van der Waals surface area contributed by atoms with Crippen LogP contribution >= 0.6 is 23.2 Å². The van der Waals surface area contributed by atoms with Crippen molar-refractivity contribution in [3.63, 3.8) is 0 Å². The largest absolute Gasteiger partial charge is 0.489 e. The molecule has 1 saturated heterocycles. The monoisotopic (exact) mass is 302 g/mol. The highest BCUT2D eigenvalue weighted by molar-refractivity contribution is 6.35. The van der Waals surface area contributed by atoms with E-state index in [-0.39, 0.29) is 6.10 Å². The Morgan fingerprint density at radius 1 is 1.26 bits per heavy atom. The van der Waals surface area contributed by atoms with Crippen molar-refractivity contribution in [3.05, 3.63) is 27.7 Å². The molecule has 106 valence electrons. The minimum atomic E-state index is 0.0976. The van der Waals surface area contributed by atoms with Crippen LogP contribution < -0.4 is 10.1 Å². The van der Waals surface area contributed by atoms with Crippen molar-refractivity contribution in [1.29, 1.82) is 0 Å². The second-order valence-corrected chi connectivity index (χ2v) is 5.91. The zero-order valence-electron chi connectivity index (χ0n) is 11.4. The zero-order chi connectivity index (χ0) is 13.8. The van der Waals surface area contributed by atoms with Gasteiger partial charge in [-0.3, -0.25) is 4.90 Å². The Bertz CT molecular complexity index is 432. The van der Waals surface area contributed by atoms with E-state index in [1.807, 2.05) is 19.9 Å². The SMILES string of the molecule is CC(C)Oc1c(Cl)cc(Cl)cc1CN1CCNCC1. The molecule has 0 atom stereocenters. The molecule has 1 aliphatic rings. The van der Waals surface area contributed by atoms with Crippen molar-refractivity contribution in [2.75, 3.05) is 26.2 Å². The number of benzene rings is 1. The lowest BCUT2D eigenvalue weighted by Gasteiger charge is -2.28. The molecule has 1 N–H and O–H groups in total. The molecule has 1 heterocycles. The lowest BCUT2D eigenvalue weighted by atomic mass is 10.1. The van der Waals surface area contributed by atoms with E-state index in [1.165, 1.54) is 0 Å². The van der Waals surface area contributed by atoms with Crippen molar-refractivity contribution in [1.82, 2.24) is 10.2 Å². The second-order valence-electron chi connectivity index (χ2n) is 5.07. The van der Waals surface area contributed by atoms with Crippen LogP contribution in [0.2, 0.25) is 10.0 Å². The van der Waals surface area contributed by atoms with Crippen LogP contribution in [0.4, 0.5) is 0 Å². The molecule has 1 aromatic carbocycles. The Hall–Kier alpha value is -0.480. The van der Waals surface area contributed by atoms with E-state index < -0.39 is 0 Å². The molecule has 1 aromatic rings. The molecule has 0 saturated carbocycles. The third-order valence-corrected chi connectivity index (χ3v) is 3.54. The van der Waals surface area contributed by atoms with Crippen molar-refractivity contribution in [3.8, 4) is 5.75 Å². The average Bonchev–Trinajstić information content (AvgIpc) is 2.34. The van der Waals surface area contributed by atoms with Gasteiger partial charge < -0.3 is 10.1 Å². The fourth-order valence-corrected chi connectivity index (χ4v) is 2.79. The van der Waals surface area contributed by atoms with Crippen LogP contribution in [0.1, 0.15) is 19.4 Å². The van der Waals surface area contributed by atoms with Crippen LogP contribution in [-0.4, -0.2) is 37.2 Å².